The number of aliphatic carboxylic acids is 1. The van der Waals surface area contributed by atoms with Gasteiger partial charge in [-0.25, -0.2) is 17.4 Å². The standard InChI is InChI=1S/C20H17F3N2O6S/c21-20(22,23)18-7-5-15-14(24-18)10-12(2-1-3-19(26)27)25(15)32(28,29)13-4-6-16-17(11-13)31-9-8-30-16/h4-7,10-11H,1-3,8-9H2,(H,26,27). The van der Waals surface area contributed by atoms with Crippen LogP contribution in [0.15, 0.2) is 41.3 Å². The summed E-state index contributed by atoms with van der Waals surface area (Å²) in [5.41, 5.74) is -1.23. The van der Waals surface area contributed by atoms with Crippen LogP contribution in [0.3, 0.4) is 0 Å². The average molecular weight is 470 g/mol. The van der Waals surface area contributed by atoms with E-state index < -0.39 is 27.9 Å². The fourth-order valence-electron chi connectivity index (χ4n) is 3.44. The summed E-state index contributed by atoms with van der Waals surface area (Å²) < 4.78 is 78.0. The van der Waals surface area contributed by atoms with Crippen molar-refractivity contribution in [2.45, 2.75) is 30.3 Å². The molecule has 0 atom stereocenters. The van der Waals surface area contributed by atoms with Crippen LogP contribution in [0.2, 0.25) is 0 Å². The molecule has 0 saturated heterocycles. The number of pyridine rings is 1. The normalized spacial score (nSPS) is 14.0. The number of benzene rings is 1. The van der Waals surface area contributed by atoms with E-state index in [4.69, 9.17) is 14.6 Å². The first-order valence-corrected chi connectivity index (χ1v) is 11.0. The molecule has 1 aliphatic rings. The Hall–Kier alpha value is -3.28. The number of hydrogen-bond acceptors (Lipinski definition) is 6. The Kier molecular flexibility index (Phi) is 5.49. The van der Waals surface area contributed by atoms with Gasteiger partial charge < -0.3 is 14.6 Å². The molecule has 0 spiro atoms. The van der Waals surface area contributed by atoms with Crippen LogP contribution in [-0.2, 0) is 27.4 Å². The molecule has 0 unspecified atom stereocenters. The van der Waals surface area contributed by atoms with E-state index in [1.54, 1.807) is 0 Å². The highest BCUT2D eigenvalue weighted by Gasteiger charge is 2.34. The van der Waals surface area contributed by atoms with Crippen molar-refractivity contribution in [1.29, 1.82) is 0 Å². The predicted octanol–water partition coefficient (Wildman–Crippen LogP) is 3.47. The van der Waals surface area contributed by atoms with E-state index in [-0.39, 0.29) is 53.2 Å². The number of carboxylic acid groups (broad SMARTS) is 1. The maximum absolute atomic E-state index is 13.5. The van der Waals surface area contributed by atoms with Crippen LogP contribution >= 0.6 is 0 Å². The molecule has 0 aliphatic carbocycles. The SMILES string of the molecule is O=C(O)CCCc1cc2nc(C(F)(F)F)ccc2n1S(=O)(=O)c1ccc2c(c1)OCCO2. The van der Waals surface area contributed by atoms with Gasteiger partial charge >= 0.3 is 12.1 Å². The highest BCUT2D eigenvalue weighted by molar-refractivity contribution is 7.90. The molecular formula is C20H17F3N2O6S. The van der Waals surface area contributed by atoms with E-state index in [0.717, 1.165) is 10.0 Å². The molecule has 32 heavy (non-hydrogen) atoms. The van der Waals surface area contributed by atoms with E-state index in [2.05, 4.69) is 4.98 Å². The van der Waals surface area contributed by atoms with Gasteiger partial charge in [-0.15, -0.1) is 0 Å². The molecule has 0 bridgehead atoms. The minimum atomic E-state index is -4.70. The number of fused-ring (bicyclic) bond motifs is 2. The van der Waals surface area contributed by atoms with Crippen LogP contribution < -0.4 is 9.47 Å². The Bertz CT molecular complexity index is 1300. The third kappa shape index (κ3) is 4.09. The Morgan fingerprint density at radius 1 is 1.09 bits per heavy atom. The first-order chi connectivity index (χ1) is 15.1. The second kappa shape index (κ2) is 8.01. The minimum absolute atomic E-state index is 0.00773. The van der Waals surface area contributed by atoms with Gasteiger partial charge in [0.25, 0.3) is 10.0 Å². The lowest BCUT2D eigenvalue weighted by Crippen LogP contribution is -2.18. The molecule has 3 heterocycles. The molecule has 0 amide bonds. The van der Waals surface area contributed by atoms with E-state index >= 15 is 0 Å². The molecule has 1 aliphatic heterocycles. The highest BCUT2D eigenvalue weighted by Crippen LogP contribution is 2.35. The molecule has 0 saturated carbocycles. The van der Waals surface area contributed by atoms with Gasteiger partial charge in [0.05, 0.1) is 15.9 Å². The van der Waals surface area contributed by atoms with Gasteiger partial charge in [0.1, 0.15) is 18.9 Å². The summed E-state index contributed by atoms with van der Waals surface area (Å²) in [7, 11) is -4.27. The van der Waals surface area contributed by atoms with Crippen LogP contribution in [0.5, 0.6) is 11.5 Å². The summed E-state index contributed by atoms with van der Waals surface area (Å²) in [4.78, 5) is 14.3. The molecular weight excluding hydrogens is 453 g/mol. The monoisotopic (exact) mass is 470 g/mol. The van der Waals surface area contributed by atoms with Crippen molar-refractivity contribution in [1.82, 2.24) is 8.96 Å². The van der Waals surface area contributed by atoms with E-state index in [1.165, 1.54) is 24.3 Å². The smallest absolute Gasteiger partial charge is 0.433 e. The fourth-order valence-corrected chi connectivity index (χ4v) is 5.02. The Balaban J connectivity index is 1.85. The van der Waals surface area contributed by atoms with Gasteiger partial charge in [0, 0.05) is 18.2 Å². The maximum atomic E-state index is 13.5. The molecule has 3 aromatic rings. The van der Waals surface area contributed by atoms with Crippen molar-refractivity contribution in [3.05, 3.63) is 47.8 Å². The summed E-state index contributed by atoms with van der Waals surface area (Å²) >= 11 is 0. The Labute approximate surface area is 180 Å². The summed E-state index contributed by atoms with van der Waals surface area (Å²) in [6.07, 6.45) is -4.83. The van der Waals surface area contributed by atoms with Crippen molar-refractivity contribution in [2.24, 2.45) is 0 Å². The number of nitrogens with zero attached hydrogens (tertiary/aromatic N) is 2. The van der Waals surface area contributed by atoms with Gasteiger partial charge in [-0.3, -0.25) is 4.79 Å². The van der Waals surface area contributed by atoms with Gasteiger partial charge in [0.2, 0.25) is 0 Å². The third-order valence-electron chi connectivity index (χ3n) is 4.85. The zero-order chi connectivity index (χ0) is 23.1. The quantitative estimate of drug-likeness (QED) is 0.588. The maximum Gasteiger partial charge on any atom is 0.433 e. The van der Waals surface area contributed by atoms with E-state index in [9.17, 15) is 26.4 Å². The van der Waals surface area contributed by atoms with Crippen LogP contribution in [0.25, 0.3) is 11.0 Å². The van der Waals surface area contributed by atoms with Crippen molar-refractivity contribution < 1.29 is 41.0 Å². The van der Waals surface area contributed by atoms with Gasteiger partial charge in [-0.05, 0) is 43.2 Å². The van der Waals surface area contributed by atoms with Gasteiger partial charge in [-0.2, -0.15) is 13.2 Å². The predicted molar refractivity (Wildman–Crippen MR) is 105 cm³/mol. The topological polar surface area (TPSA) is 108 Å². The number of ether oxygens (including phenoxy) is 2. The van der Waals surface area contributed by atoms with Crippen molar-refractivity contribution in [3.63, 3.8) is 0 Å². The number of aromatic nitrogens is 2. The van der Waals surface area contributed by atoms with E-state index in [0.29, 0.717) is 18.4 Å². The number of alkyl halides is 3. The number of hydrogen-bond donors (Lipinski definition) is 1. The van der Waals surface area contributed by atoms with Crippen LogP contribution in [0.4, 0.5) is 13.2 Å². The van der Waals surface area contributed by atoms with Crippen LogP contribution in [-0.4, -0.2) is 41.7 Å². The zero-order valence-corrected chi connectivity index (χ0v) is 17.2. The second-order valence-electron chi connectivity index (χ2n) is 7.06. The van der Waals surface area contributed by atoms with Gasteiger partial charge in [0.15, 0.2) is 11.5 Å². The van der Waals surface area contributed by atoms with Crippen LogP contribution in [0.1, 0.15) is 24.2 Å². The summed E-state index contributed by atoms with van der Waals surface area (Å²) in [6, 6.07) is 7.03. The molecule has 2 aromatic heterocycles. The second-order valence-corrected chi connectivity index (χ2v) is 8.84. The molecule has 1 N–H and O–H groups in total. The summed E-state index contributed by atoms with van der Waals surface area (Å²) in [5.74, 6) is -0.454. The van der Waals surface area contributed by atoms with Gasteiger partial charge in [-0.1, -0.05) is 0 Å². The largest absolute Gasteiger partial charge is 0.486 e. The summed E-state index contributed by atoms with van der Waals surface area (Å²) in [6.45, 7) is 0.565. The van der Waals surface area contributed by atoms with Crippen molar-refractivity contribution >= 4 is 27.0 Å². The third-order valence-corrected chi connectivity index (χ3v) is 6.61. The first kappa shape index (κ1) is 21.9. The van der Waals surface area contributed by atoms with Crippen molar-refractivity contribution in [3.8, 4) is 11.5 Å². The molecule has 0 radical (unpaired) electrons. The lowest BCUT2D eigenvalue weighted by Gasteiger charge is -2.19. The number of halogens is 3. The molecule has 12 heteroatoms. The number of aryl methyl sites for hydroxylation is 1. The number of carbonyl (C=O) groups is 1. The number of carboxylic acids is 1. The Morgan fingerprint density at radius 3 is 2.50 bits per heavy atom. The lowest BCUT2D eigenvalue weighted by atomic mass is 10.2. The average Bonchev–Trinajstić information content (AvgIpc) is 3.10. The molecule has 4 rings (SSSR count). The fraction of sp³-hybridized carbons (Fsp3) is 0.300. The minimum Gasteiger partial charge on any atom is -0.486 e. The molecule has 1 aromatic carbocycles. The molecule has 8 nitrogen and oxygen atoms in total. The summed E-state index contributed by atoms with van der Waals surface area (Å²) in [5, 5.41) is 8.89. The highest BCUT2D eigenvalue weighted by atomic mass is 32.2. The lowest BCUT2D eigenvalue weighted by molar-refractivity contribution is -0.141. The Morgan fingerprint density at radius 2 is 1.81 bits per heavy atom. The van der Waals surface area contributed by atoms with Crippen molar-refractivity contribution in [2.75, 3.05) is 13.2 Å². The van der Waals surface area contributed by atoms with Crippen LogP contribution in [0, 0.1) is 0 Å². The number of rotatable bonds is 6. The molecule has 0 fully saturated rings. The zero-order valence-electron chi connectivity index (χ0n) is 16.4. The van der Waals surface area contributed by atoms with E-state index in [1.807, 2.05) is 0 Å². The molecule has 170 valence electrons. The first-order valence-electron chi connectivity index (χ1n) is 9.53.